The van der Waals surface area contributed by atoms with E-state index in [0.29, 0.717) is 83.3 Å². The molecule has 0 unspecified atom stereocenters. The topological polar surface area (TPSA) is 153 Å². The average molecular weight is 691 g/mol. The lowest BCUT2D eigenvalue weighted by Gasteiger charge is -2.33. The van der Waals surface area contributed by atoms with Crippen molar-refractivity contribution in [1.82, 2.24) is 30.9 Å². The molecule has 11 nitrogen and oxygen atoms in total. The van der Waals surface area contributed by atoms with E-state index < -0.39 is 0 Å². The van der Waals surface area contributed by atoms with Gasteiger partial charge in [0.05, 0.1) is 41.8 Å². The van der Waals surface area contributed by atoms with E-state index >= 15 is 0 Å². The van der Waals surface area contributed by atoms with Crippen LogP contribution in [0, 0.1) is 11.8 Å². The zero-order valence-corrected chi connectivity index (χ0v) is 28.2. The van der Waals surface area contributed by atoms with Gasteiger partial charge in [0.2, 0.25) is 23.6 Å². The van der Waals surface area contributed by atoms with Gasteiger partial charge >= 0.3 is 0 Å². The maximum absolute atomic E-state index is 11.5. The summed E-state index contributed by atoms with van der Waals surface area (Å²) in [6.07, 6.45) is 3.64. The number of carbonyl (C=O) groups excluding carboxylic acids is 2. The third-order valence-electron chi connectivity index (χ3n) is 8.89. The summed E-state index contributed by atoms with van der Waals surface area (Å²) in [4.78, 5) is 37.0. The van der Waals surface area contributed by atoms with E-state index in [9.17, 15) is 9.59 Å². The standard InChI is InChI=1S/C35H37Cl2N7O4/c1-47-34-20(16-39-14-19-11-30(45)42-15-19)9-10-27(43-34)25-7-3-5-23(31(25)36)24-6-4-8-26(32(24)37)28-17-41-29(35(44-28)48-2)18-40-22-12-21(13-22)33(38)46/h3-10,17,19,21-22,39-40H,11-16,18H2,1-2H3,(H2,38,46)(H,42,45)/t19-,21-,22+/m1/s1. The second-order valence-electron chi connectivity index (χ2n) is 12.1. The van der Waals surface area contributed by atoms with Gasteiger partial charge in [0.1, 0.15) is 5.69 Å². The molecule has 5 N–H and O–H groups in total. The van der Waals surface area contributed by atoms with E-state index in [2.05, 4.69) is 20.9 Å². The normalized spacial score (nSPS) is 18.7. The minimum atomic E-state index is -0.259. The van der Waals surface area contributed by atoms with Crippen LogP contribution in [0.25, 0.3) is 33.6 Å². The summed E-state index contributed by atoms with van der Waals surface area (Å²) >= 11 is 14.1. The molecule has 0 spiro atoms. The summed E-state index contributed by atoms with van der Waals surface area (Å²) in [5.74, 6) is 0.915. The van der Waals surface area contributed by atoms with Crippen molar-refractivity contribution >= 4 is 35.0 Å². The number of carbonyl (C=O) groups is 2. The molecule has 2 aromatic carbocycles. The molecule has 1 saturated carbocycles. The van der Waals surface area contributed by atoms with Crippen molar-refractivity contribution in [3.05, 3.63) is 76.0 Å². The lowest BCUT2D eigenvalue weighted by molar-refractivity contribution is -0.125. The number of primary amides is 1. The highest BCUT2D eigenvalue weighted by Crippen LogP contribution is 2.42. The number of nitrogens with two attached hydrogens (primary N) is 1. The van der Waals surface area contributed by atoms with Crippen molar-refractivity contribution < 1.29 is 19.1 Å². The molecular weight excluding hydrogens is 653 g/mol. The first-order chi connectivity index (χ1) is 23.2. The molecule has 13 heteroatoms. The van der Waals surface area contributed by atoms with E-state index in [1.165, 1.54) is 0 Å². The number of ether oxygens (including phenoxy) is 2. The second-order valence-corrected chi connectivity index (χ2v) is 12.8. The molecule has 3 heterocycles. The molecule has 2 aromatic heterocycles. The minimum absolute atomic E-state index is 0.0756. The van der Waals surface area contributed by atoms with Crippen molar-refractivity contribution in [2.75, 3.05) is 27.3 Å². The number of hydrogen-bond acceptors (Lipinski definition) is 9. The SMILES string of the molecule is COc1nc(-c2cccc(-c3cccc(-c4cnc(CN[C@H]5C[C@@H](C(N)=O)C5)c(OC)n4)c3Cl)c2Cl)ccc1CNC[C@@H]1CNC(=O)C1. The van der Waals surface area contributed by atoms with Gasteiger partial charge in [-0.2, -0.15) is 0 Å². The molecule has 250 valence electrons. The molecule has 4 aromatic rings. The van der Waals surface area contributed by atoms with E-state index in [-0.39, 0.29) is 29.7 Å². The van der Waals surface area contributed by atoms with Gasteiger partial charge in [0.25, 0.3) is 0 Å². The molecule has 2 amide bonds. The predicted molar refractivity (Wildman–Crippen MR) is 185 cm³/mol. The number of nitrogens with one attached hydrogen (secondary N) is 3. The number of benzene rings is 2. The Bertz CT molecular complexity index is 1830. The highest BCUT2D eigenvalue weighted by Gasteiger charge is 2.33. The molecule has 1 atom stereocenters. The van der Waals surface area contributed by atoms with Gasteiger partial charge in [0.15, 0.2) is 0 Å². The number of nitrogens with zero attached hydrogens (tertiary/aromatic N) is 3. The fourth-order valence-electron chi connectivity index (χ4n) is 6.10. The van der Waals surface area contributed by atoms with Crippen LogP contribution in [0.1, 0.15) is 30.5 Å². The van der Waals surface area contributed by atoms with E-state index in [1.54, 1.807) is 20.4 Å². The fraction of sp³-hybridized carbons (Fsp3) is 0.343. The van der Waals surface area contributed by atoms with Crippen LogP contribution in [0.15, 0.2) is 54.7 Å². The summed E-state index contributed by atoms with van der Waals surface area (Å²) in [5.41, 5.74) is 11.0. The number of aromatic nitrogens is 3. The van der Waals surface area contributed by atoms with Crippen LogP contribution >= 0.6 is 23.2 Å². The Morgan fingerprint density at radius 3 is 2.19 bits per heavy atom. The Hall–Kier alpha value is -4.29. The number of halogens is 2. The zero-order chi connectivity index (χ0) is 33.8. The van der Waals surface area contributed by atoms with Crippen molar-refractivity contribution in [3.63, 3.8) is 0 Å². The Morgan fingerprint density at radius 1 is 0.917 bits per heavy atom. The maximum Gasteiger partial charge on any atom is 0.237 e. The van der Waals surface area contributed by atoms with Crippen LogP contribution in [-0.2, 0) is 22.7 Å². The predicted octanol–water partition coefficient (Wildman–Crippen LogP) is 4.78. The summed E-state index contributed by atoms with van der Waals surface area (Å²) in [5, 5.41) is 10.6. The van der Waals surface area contributed by atoms with Crippen LogP contribution < -0.4 is 31.2 Å². The molecule has 2 aliphatic rings. The Morgan fingerprint density at radius 2 is 1.56 bits per heavy atom. The number of rotatable bonds is 13. The first kappa shape index (κ1) is 33.6. The van der Waals surface area contributed by atoms with E-state index in [0.717, 1.165) is 28.8 Å². The lowest BCUT2D eigenvalue weighted by atomic mass is 9.80. The van der Waals surface area contributed by atoms with E-state index in [4.69, 9.17) is 48.4 Å². The average Bonchev–Trinajstić information content (AvgIpc) is 3.49. The molecular formula is C35H37Cl2N7O4. The molecule has 48 heavy (non-hydrogen) atoms. The van der Waals surface area contributed by atoms with Crippen LogP contribution in [0.2, 0.25) is 10.0 Å². The maximum atomic E-state index is 11.5. The van der Waals surface area contributed by atoms with Crippen molar-refractivity contribution in [1.29, 1.82) is 0 Å². The summed E-state index contributed by atoms with van der Waals surface area (Å²) < 4.78 is 11.2. The van der Waals surface area contributed by atoms with Crippen molar-refractivity contribution in [2.45, 2.75) is 38.4 Å². The number of amides is 2. The highest BCUT2D eigenvalue weighted by molar-refractivity contribution is 6.39. The van der Waals surface area contributed by atoms with Gasteiger partial charge in [-0.15, -0.1) is 0 Å². The van der Waals surface area contributed by atoms with Gasteiger partial charge in [-0.3, -0.25) is 14.6 Å². The summed E-state index contributed by atoms with van der Waals surface area (Å²) in [7, 11) is 3.14. The smallest absolute Gasteiger partial charge is 0.237 e. The van der Waals surface area contributed by atoms with Gasteiger partial charge < -0.3 is 31.2 Å². The fourth-order valence-corrected chi connectivity index (χ4v) is 6.74. The van der Waals surface area contributed by atoms with Gasteiger partial charge in [-0.1, -0.05) is 65.7 Å². The second kappa shape index (κ2) is 14.9. The van der Waals surface area contributed by atoms with Crippen LogP contribution in [0.3, 0.4) is 0 Å². The lowest BCUT2D eigenvalue weighted by Crippen LogP contribution is -2.46. The first-order valence-corrected chi connectivity index (χ1v) is 16.5. The molecule has 2 fully saturated rings. The molecule has 0 radical (unpaired) electrons. The van der Waals surface area contributed by atoms with Crippen LogP contribution in [0.5, 0.6) is 11.8 Å². The number of pyridine rings is 1. The van der Waals surface area contributed by atoms with Crippen LogP contribution in [0.4, 0.5) is 0 Å². The highest BCUT2D eigenvalue weighted by atomic mass is 35.5. The third kappa shape index (κ3) is 7.24. The first-order valence-electron chi connectivity index (χ1n) is 15.8. The summed E-state index contributed by atoms with van der Waals surface area (Å²) in [6, 6.07) is 15.5. The zero-order valence-electron chi connectivity index (χ0n) is 26.7. The number of methoxy groups -OCH3 is 2. The minimum Gasteiger partial charge on any atom is -0.481 e. The molecule has 0 bridgehead atoms. The Labute approximate surface area is 289 Å². The van der Waals surface area contributed by atoms with Crippen LogP contribution in [-0.4, -0.2) is 60.1 Å². The third-order valence-corrected chi connectivity index (χ3v) is 9.70. The number of hydrogen-bond donors (Lipinski definition) is 4. The van der Waals surface area contributed by atoms with Crippen molar-refractivity contribution in [2.24, 2.45) is 17.6 Å². The largest absolute Gasteiger partial charge is 0.481 e. The monoisotopic (exact) mass is 689 g/mol. The molecule has 1 saturated heterocycles. The quantitative estimate of drug-likeness (QED) is 0.155. The van der Waals surface area contributed by atoms with Gasteiger partial charge in [0, 0.05) is 72.4 Å². The Balaban J connectivity index is 1.20. The molecule has 1 aliphatic heterocycles. The van der Waals surface area contributed by atoms with E-state index in [1.807, 2.05) is 48.5 Å². The van der Waals surface area contributed by atoms with Crippen molar-refractivity contribution in [3.8, 4) is 45.4 Å². The summed E-state index contributed by atoms with van der Waals surface area (Å²) in [6.45, 7) is 2.41. The molecule has 6 rings (SSSR count). The molecule has 1 aliphatic carbocycles. The Kier molecular flexibility index (Phi) is 10.4. The van der Waals surface area contributed by atoms with Gasteiger partial charge in [-0.25, -0.2) is 9.97 Å². The van der Waals surface area contributed by atoms with Gasteiger partial charge in [-0.05, 0) is 24.8 Å².